The molecule has 1 aromatic carbocycles. The quantitative estimate of drug-likeness (QED) is 0.825. The molecule has 4 nitrogen and oxygen atoms in total. The second-order valence-corrected chi connectivity index (χ2v) is 5.38. The second-order valence-electron chi connectivity index (χ2n) is 5.38. The third kappa shape index (κ3) is 4.03. The Labute approximate surface area is 115 Å². The molecule has 2 N–H and O–H groups in total. The van der Waals surface area contributed by atoms with E-state index in [1.165, 1.54) is 0 Å². The fourth-order valence-electron chi connectivity index (χ4n) is 1.89. The predicted molar refractivity (Wildman–Crippen MR) is 77.3 cm³/mol. The number of benzene rings is 1. The summed E-state index contributed by atoms with van der Waals surface area (Å²) in [7, 11) is 4.95. The number of rotatable bonds is 7. The molecule has 0 atom stereocenters. The van der Waals surface area contributed by atoms with Gasteiger partial charge in [-0.1, -0.05) is 13.8 Å². The van der Waals surface area contributed by atoms with Gasteiger partial charge in [0.05, 0.1) is 21.3 Å². The minimum Gasteiger partial charge on any atom is -0.496 e. The van der Waals surface area contributed by atoms with Crippen LogP contribution < -0.4 is 19.9 Å². The molecule has 0 radical (unpaired) electrons. The minimum atomic E-state index is 0.107. The van der Waals surface area contributed by atoms with E-state index in [-0.39, 0.29) is 5.41 Å². The normalized spacial score (nSPS) is 11.3. The van der Waals surface area contributed by atoms with Crippen molar-refractivity contribution in [2.24, 2.45) is 11.1 Å². The summed E-state index contributed by atoms with van der Waals surface area (Å²) in [4.78, 5) is 0. The molecule has 0 aromatic heterocycles. The molecular formula is C15H25NO3. The molecule has 0 fully saturated rings. The Morgan fingerprint density at radius 2 is 1.53 bits per heavy atom. The first kappa shape index (κ1) is 15.6. The Morgan fingerprint density at radius 1 is 1.00 bits per heavy atom. The number of nitrogens with two attached hydrogens (primary N) is 1. The molecule has 0 bridgehead atoms. The van der Waals surface area contributed by atoms with E-state index in [1.807, 2.05) is 12.1 Å². The van der Waals surface area contributed by atoms with Gasteiger partial charge in [0.25, 0.3) is 0 Å². The first-order valence-electron chi connectivity index (χ1n) is 6.46. The van der Waals surface area contributed by atoms with Gasteiger partial charge >= 0.3 is 0 Å². The smallest absolute Gasteiger partial charge is 0.129 e. The highest BCUT2D eigenvalue weighted by Gasteiger charge is 2.19. The molecule has 0 unspecified atom stereocenters. The van der Waals surface area contributed by atoms with E-state index in [0.29, 0.717) is 6.54 Å². The van der Waals surface area contributed by atoms with Gasteiger partial charge in [-0.05, 0) is 24.8 Å². The highest BCUT2D eigenvalue weighted by molar-refractivity contribution is 5.50. The van der Waals surface area contributed by atoms with E-state index >= 15 is 0 Å². The number of ether oxygens (including phenoxy) is 3. The molecule has 0 aliphatic rings. The zero-order chi connectivity index (χ0) is 14.5. The molecule has 1 rings (SSSR count). The SMILES string of the molecule is COc1cc(OC)c(CCC(C)(C)CN)c(OC)c1. The van der Waals surface area contributed by atoms with E-state index < -0.39 is 0 Å². The topological polar surface area (TPSA) is 53.7 Å². The van der Waals surface area contributed by atoms with Crippen molar-refractivity contribution in [2.45, 2.75) is 26.7 Å². The van der Waals surface area contributed by atoms with E-state index in [1.54, 1.807) is 21.3 Å². The Bertz CT molecular complexity index is 391. The van der Waals surface area contributed by atoms with Gasteiger partial charge in [-0.2, -0.15) is 0 Å². The first-order chi connectivity index (χ1) is 8.97. The highest BCUT2D eigenvalue weighted by atomic mass is 16.5. The molecule has 0 saturated carbocycles. The molecule has 0 heterocycles. The second kappa shape index (κ2) is 6.66. The van der Waals surface area contributed by atoms with Crippen molar-refractivity contribution in [2.75, 3.05) is 27.9 Å². The first-order valence-corrected chi connectivity index (χ1v) is 6.46. The fraction of sp³-hybridized carbons (Fsp3) is 0.600. The van der Waals surface area contributed by atoms with Crippen LogP contribution in [0.15, 0.2) is 12.1 Å². The van der Waals surface area contributed by atoms with Gasteiger partial charge in [-0.3, -0.25) is 0 Å². The zero-order valence-electron chi connectivity index (χ0n) is 12.6. The summed E-state index contributed by atoms with van der Waals surface area (Å²) >= 11 is 0. The molecule has 0 aliphatic carbocycles. The van der Waals surface area contributed by atoms with Crippen molar-refractivity contribution in [1.82, 2.24) is 0 Å². The van der Waals surface area contributed by atoms with Crippen LogP contribution in [0.25, 0.3) is 0 Å². The summed E-state index contributed by atoms with van der Waals surface area (Å²) in [6.07, 6.45) is 1.84. The lowest BCUT2D eigenvalue weighted by Gasteiger charge is -2.23. The van der Waals surface area contributed by atoms with Crippen LogP contribution in [0.2, 0.25) is 0 Å². The molecule has 4 heteroatoms. The van der Waals surface area contributed by atoms with E-state index in [9.17, 15) is 0 Å². The third-order valence-electron chi connectivity index (χ3n) is 3.42. The largest absolute Gasteiger partial charge is 0.496 e. The number of methoxy groups -OCH3 is 3. The molecule has 0 aliphatic heterocycles. The van der Waals surface area contributed by atoms with Gasteiger partial charge in [-0.25, -0.2) is 0 Å². The van der Waals surface area contributed by atoms with Crippen molar-refractivity contribution in [1.29, 1.82) is 0 Å². The maximum absolute atomic E-state index is 5.77. The van der Waals surface area contributed by atoms with Crippen LogP contribution in [0.1, 0.15) is 25.8 Å². The summed E-state index contributed by atoms with van der Waals surface area (Å²) in [5.74, 6) is 2.32. The van der Waals surface area contributed by atoms with Crippen LogP contribution in [-0.2, 0) is 6.42 Å². The van der Waals surface area contributed by atoms with Crippen LogP contribution in [0.5, 0.6) is 17.2 Å². The van der Waals surface area contributed by atoms with Gasteiger partial charge in [0.15, 0.2) is 0 Å². The van der Waals surface area contributed by atoms with Crippen molar-refractivity contribution in [3.8, 4) is 17.2 Å². The summed E-state index contributed by atoms with van der Waals surface area (Å²) in [6.45, 7) is 4.98. The summed E-state index contributed by atoms with van der Waals surface area (Å²) in [6, 6.07) is 3.76. The predicted octanol–water partition coefficient (Wildman–Crippen LogP) is 2.63. The van der Waals surface area contributed by atoms with Gasteiger partial charge < -0.3 is 19.9 Å². The molecule has 0 amide bonds. The third-order valence-corrected chi connectivity index (χ3v) is 3.42. The van der Waals surface area contributed by atoms with E-state index in [2.05, 4.69) is 13.8 Å². The van der Waals surface area contributed by atoms with E-state index in [0.717, 1.165) is 35.7 Å². The van der Waals surface area contributed by atoms with Crippen LogP contribution >= 0.6 is 0 Å². The lowest BCUT2D eigenvalue weighted by Crippen LogP contribution is -2.24. The Hall–Kier alpha value is -1.42. The van der Waals surface area contributed by atoms with Gasteiger partial charge in [0, 0.05) is 17.7 Å². The Kier molecular flexibility index (Phi) is 5.48. The number of hydrogen-bond acceptors (Lipinski definition) is 4. The van der Waals surface area contributed by atoms with Crippen LogP contribution in [0.3, 0.4) is 0 Å². The van der Waals surface area contributed by atoms with Gasteiger partial charge in [0.1, 0.15) is 17.2 Å². The van der Waals surface area contributed by atoms with Crippen molar-refractivity contribution >= 4 is 0 Å². The summed E-state index contributed by atoms with van der Waals surface area (Å²) in [5, 5.41) is 0. The zero-order valence-corrected chi connectivity index (χ0v) is 12.6. The van der Waals surface area contributed by atoms with E-state index in [4.69, 9.17) is 19.9 Å². The Morgan fingerprint density at radius 3 is 1.89 bits per heavy atom. The maximum Gasteiger partial charge on any atom is 0.129 e. The molecular weight excluding hydrogens is 242 g/mol. The monoisotopic (exact) mass is 267 g/mol. The highest BCUT2D eigenvalue weighted by Crippen LogP contribution is 2.36. The fourth-order valence-corrected chi connectivity index (χ4v) is 1.89. The Balaban J connectivity index is 3.04. The molecule has 19 heavy (non-hydrogen) atoms. The standard InChI is InChI=1S/C15H25NO3/c1-15(2,10-16)7-6-12-13(18-4)8-11(17-3)9-14(12)19-5/h8-9H,6-7,10,16H2,1-5H3. The maximum atomic E-state index is 5.77. The molecule has 0 spiro atoms. The van der Waals surface area contributed by atoms with Crippen LogP contribution in [0, 0.1) is 5.41 Å². The lowest BCUT2D eigenvalue weighted by molar-refractivity contribution is 0.333. The van der Waals surface area contributed by atoms with Crippen molar-refractivity contribution in [3.05, 3.63) is 17.7 Å². The lowest BCUT2D eigenvalue weighted by atomic mass is 9.86. The van der Waals surface area contributed by atoms with Crippen molar-refractivity contribution in [3.63, 3.8) is 0 Å². The molecule has 108 valence electrons. The van der Waals surface area contributed by atoms with Crippen LogP contribution in [0.4, 0.5) is 0 Å². The summed E-state index contributed by atoms with van der Waals surface area (Å²) < 4.78 is 16.1. The summed E-state index contributed by atoms with van der Waals surface area (Å²) in [5.41, 5.74) is 6.94. The van der Waals surface area contributed by atoms with Crippen LogP contribution in [-0.4, -0.2) is 27.9 Å². The average Bonchev–Trinajstić information content (AvgIpc) is 2.44. The molecule has 1 aromatic rings. The van der Waals surface area contributed by atoms with Gasteiger partial charge in [-0.15, -0.1) is 0 Å². The molecule has 0 saturated heterocycles. The van der Waals surface area contributed by atoms with Crippen molar-refractivity contribution < 1.29 is 14.2 Å². The average molecular weight is 267 g/mol. The van der Waals surface area contributed by atoms with Gasteiger partial charge in [0.2, 0.25) is 0 Å². The number of hydrogen-bond donors (Lipinski definition) is 1. The minimum absolute atomic E-state index is 0.107.